The average molecular weight is 409 g/mol. The molecule has 0 aliphatic rings. The number of thioether (sulfide) groups is 1. The molecule has 1 amide bonds. The number of benzene rings is 2. The molecule has 2 aromatic carbocycles. The zero-order valence-corrected chi connectivity index (χ0v) is 15.0. The lowest BCUT2D eigenvalue weighted by Gasteiger charge is -2.08. The van der Waals surface area contributed by atoms with Crippen LogP contribution in [0.5, 0.6) is 5.75 Å². The molecular formula is C17H14F3N5O2S. The molecule has 0 atom stereocenters. The first-order valence-electron chi connectivity index (χ1n) is 7.89. The summed E-state index contributed by atoms with van der Waals surface area (Å²) in [6.45, 7) is 0.0698. The number of nitrogens with zero attached hydrogens (tertiary/aromatic N) is 3. The molecule has 0 saturated carbocycles. The normalized spacial score (nSPS) is 10.7. The van der Waals surface area contributed by atoms with Gasteiger partial charge in [0.2, 0.25) is 11.1 Å². The number of hydrogen-bond acceptors (Lipinski definition) is 6. The maximum Gasteiger partial charge on any atom is 0.234 e. The van der Waals surface area contributed by atoms with E-state index in [1.807, 2.05) is 18.2 Å². The van der Waals surface area contributed by atoms with Gasteiger partial charge in [-0.25, -0.2) is 17.8 Å². The number of ether oxygens (including phenoxy) is 1. The Labute approximate surface area is 161 Å². The number of para-hydroxylation sites is 1. The maximum absolute atomic E-state index is 13.6. The van der Waals surface area contributed by atoms with Gasteiger partial charge in [-0.3, -0.25) is 4.79 Å². The summed E-state index contributed by atoms with van der Waals surface area (Å²) in [6.07, 6.45) is 0. The Morgan fingerprint density at radius 1 is 1.11 bits per heavy atom. The minimum atomic E-state index is -1.66. The van der Waals surface area contributed by atoms with Crippen molar-refractivity contribution >= 4 is 23.4 Å². The first-order chi connectivity index (χ1) is 13.5. The number of hydrogen-bond donors (Lipinski definition) is 2. The summed E-state index contributed by atoms with van der Waals surface area (Å²) in [5, 5.41) is 10.1. The number of nitrogens with two attached hydrogens (primary N) is 1. The van der Waals surface area contributed by atoms with E-state index in [4.69, 9.17) is 10.6 Å². The van der Waals surface area contributed by atoms with Gasteiger partial charge in [0.05, 0.1) is 11.4 Å². The highest BCUT2D eigenvalue weighted by molar-refractivity contribution is 7.99. The van der Waals surface area contributed by atoms with Gasteiger partial charge < -0.3 is 15.9 Å². The summed E-state index contributed by atoms with van der Waals surface area (Å²) in [5.41, 5.74) is -0.462. The van der Waals surface area contributed by atoms with Crippen molar-refractivity contribution < 1.29 is 22.7 Å². The molecule has 28 heavy (non-hydrogen) atoms. The molecule has 3 N–H and O–H groups in total. The fourth-order valence-corrected chi connectivity index (χ4v) is 2.78. The van der Waals surface area contributed by atoms with E-state index >= 15 is 0 Å². The van der Waals surface area contributed by atoms with Crippen molar-refractivity contribution in [1.29, 1.82) is 0 Å². The second-order valence-electron chi connectivity index (χ2n) is 5.43. The smallest absolute Gasteiger partial charge is 0.234 e. The topological polar surface area (TPSA) is 95.1 Å². The number of halogens is 3. The summed E-state index contributed by atoms with van der Waals surface area (Å²) < 4.78 is 46.4. The summed E-state index contributed by atoms with van der Waals surface area (Å²) in [6, 6.07) is 10.7. The second kappa shape index (κ2) is 8.65. The lowest BCUT2D eigenvalue weighted by molar-refractivity contribution is -0.113. The molecule has 0 unspecified atom stereocenters. The first-order valence-corrected chi connectivity index (χ1v) is 8.87. The van der Waals surface area contributed by atoms with Gasteiger partial charge in [0.25, 0.3) is 0 Å². The number of carbonyl (C=O) groups excluding carboxylic acids is 1. The molecule has 1 heterocycles. The van der Waals surface area contributed by atoms with Crippen LogP contribution in [0.15, 0.2) is 47.6 Å². The number of nitrogens with one attached hydrogen (secondary N) is 1. The largest absolute Gasteiger partial charge is 0.486 e. The number of nitrogen functional groups attached to an aromatic ring is 1. The standard InChI is InChI=1S/C17H14F3N5O2S/c18-11-6-7-12(16(20)15(11)19)22-14(26)9-28-17-24-23-13(25(17)21)8-27-10-4-2-1-3-5-10/h1-7H,8-9,21H2,(H,22,26). The van der Waals surface area contributed by atoms with Crippen LogP contribution in [0.25, 0.3) is 0 Å². The minimum Gasteiger partial charge on any atom is -0.486 e. The Morgan fingerprint density at radius 3 is 2.61 bits per heavy atom. The van der Waals surface area contributed by atoms with E-state index in [1.165, 1.54) is 4.68 Å². The van der Waals surface area contributed by atoms with E-state index in [-0.39, 0.29) is 17.5 Å². The van der Waals surface area contributed by atoms with Crippen molar-refractivity contribution in [3.8, 4) is 5.75 Å². The van der Waals surface area contributed by atoms with E-state index in [2.05, 4.69) is 15.5 Å². The molecular weight excluding hydrogens is 395 g/mol. The molecule has 1 aromatic heterocycles. The van der Waals surface area contributed by atoms with Gasteiger partial charge in [-0.05, 0) is 24.3 Å². The van der Waals surface area contributed by atoms with Crippen LogP contribution in [-0.2, 0) is 11.4 Å². The van der Waals surface area contributed by atoms with Gasteiger partial charge in [0.15, 0.2) is 23.3 Å². The molecule has 0 aliphatic heterocycles. The Hall–Kier alpha value is -3.21. The molecule has 3 aromatic rings. The zero-order valence-electron chi connectivity index (χ0n) is 14.2. The van der Waals surface area contributed by atoms with Crippen LogP contribution in [0.2, 0.25) is 0 Å². The van der Waals surface area contributed by atoms with E-state index in [0.717, 1.165) is 23.9 Å². The van der Waals surface area contributed by atoms with Gasteiger partial charge in [0.1, 0.15) is 12.4 Å². The Morgan fingerprint density at radius 2 is 1.86 bits per heavy atom. The van der Waals surface area contributed by atoms with Crippen LogP contribution in [-0.4, -0.2) is 26.5 Å². The van der Waals surface area contributed by atoms with Gasteiger partial charge in [-0.1, -0.05) is 30.0 Å². The fraction of sp³-hybridized carbons (Fsp3) is 0.118. The Balaban J connectivity index is 1.55. The summed E-state index contributed by atoms with van der Waals surface area (Å²) in [7, 11) is 0. The monoisotopic (exact) mass is 409 g/mol. The van der Waals surface area contributed by atoms with Crippen LogP contribution in [0.4, 0.5) is 18.9 Å². The third-order valence-electron chi connectivity index (χ3n) is 3.49. The summed E-state index contributed by atoms with van der Waals surface area (Å²) in [5.74, 6) is 1.51. The molecule has 0 fully saturated rings. The van der Waals surface area contributed by atoms with Crippen molar-refractivity contribution in [2.45, 2.75) is 11.8 Å². The van der Waals surface area contributed by atoms with Gasteiger partial charge in [-0.15, -0.1) is 10.2 Å². The van der Waals surface area contributed by atoms with E-state index in [9.17, 15) is 18.0 Å². The number of rotatable bonds is 7. The second-order valence-corrected chi connectivity index (χ2v) is 6.37. The van der Waals surface area contributed by atoms with Crippen molar-refractivity contribution in [2.24, 2.45) is 0 Å². The zero-order chi connectivity index (χ0) is 20.1. The van der Waals surface area contributed by atoms with Crippen molar-refractivity contribution in [3.63, 3.8) is 0 Å². The maximum atomic E-state index is 13.6. The molecule has 0 radical (unpaired) electrons. The predicted molar refractivity (Wildman–Crippen MR) is 96.6 cm³/mol. The SMILES string of the molecule is Nn1c(COc2ccccc2)nnc1SCC(=O)Nc1ccc(F)c(F)c1F. The molecule has 0 bridgehead atoms. The third-order valence-corrected chi connectivity index (χ3v) is 4.43. The molecule has 3 rings (SSSR count). The number of anilines is 1. The number of carbonyl (C=O) groups is 1. The third kappa shape index (κ3) is 4.55. The van der Waals surface area contributed by atoms with Crippen LogP contribution in [0, 0.1) is 17.5 Å². The highest BCUT2D eigenvalue weighted by atomic mass is 32.2. The summed E-state index contributed by atoms with van der Waals surface area (Å²) in [4.78, 5) is 11.9. The van der Waals surface area contributed by atoms with Gasteiger partial charge in [0, 0.05) is 0 Å². The predicted octanol–water partition coefficient (Wildman–Crippen LogP) is 2.72. The molecule has 0 saturated heterocycles. The van der Waals surface area contributed by atoms with Crippen LogP contribution < -0.4 is 15.9 Å². The Bertz CT molecular complexity index is 984. The van der Waals surface area contributed by atoms with E-state index < -0.39 is 29.0 Å². The highest BCUT2D eigenvalue weighted by Gasteiger charge is 2.17. The summed E-state index contributed by atoms with van der Waals surface area (Å²) >= 11 is 0.937. The van der Waals surface area contributed by atoms with Crippen LogP contribution >= 0.6 is 11.8 Å². The fourth-order valence-electron chi connectivity index (χ4n) is 2.11. The quantitative estimate of drug-likeness (QED) is 0.354. The molecule has 146 valence electrons. The van der Waals surface area contributed by atoms with E-state index in [1.54, 1.807) is 12.1 Å². The van der Waals surface area contributed by atoms with Crippen molar-refractivity contribution in [1.82, 2.24) is 14.9 Å². The van der Waals surface area contributed by atoms with Gasteiger partial charge in [-0.2, -0.15) is 0 Å². The number of amides is 1. The van der Waals surface area contributed by atoms with E-state index in [0.29, 0.717) is 11.6 Å². The molecule has 7 nitrogen and oxygen atoms in total. The highest BCUT2D eigenvalue weighted by Crippen LogP contribution is 2.21. The van der Waals surface area contributed by atoms with Crippen molar-refractivity contribution in [3.05, 3.63) is 65.7 Å². The average Bonchev–Trinajstić information content (AvgIpc) is 3.05. The molecule has 0 spiro atoms. The lowest BCUT2D eigenvalue weighted by atomic mass is 10.3. The number of aromatic nitrogens is 3. The first kappa shape index (κ1) is 19.5. The Kier molecular flexibility index (Phi) is 6.04. The van der Waals surface area contributed by atoms with Crippen molar-refractivity contribution in [2.75, 3.05) is 16.9 Å². The van der Waals surface area contributed by atoms with Crippen LogP contribution in [0.1, 0.15) is 5.82 Å². The molecule has 11 heteroatoms. The molecule has 0 aliphatic carbocycles. The lowest BCUT2D eigenvalue weighted by Crippen LogP contribution is -2.18. The van der Waals surface area contributed by atoms with Crippen LogP contribution in [0.3, 0.4) is 0 Å². The minimum absolute atomic E-state index is 0.0698. The van der Waals surface area contributed by atoms with Gasteiger partial charge >= 0.3 is 0 Å².